The van der Waals surface area contributed by atoms with Crippen LogP contribution in [0.1, 0.15) is 63.2 Å². The zero-order valence-electron chi connectivity index (χ0n) is 28.3. The first-order valence-corrected chi connectivity index (χ1v) is 16.3. The predicted molar refractivity (Wildman–Crippen MR) is 181 cm³/mol. The fraction of sp³-hybridized carbons (Fsp3) is 0.571. The number of hydrogen-bond acceptors (Lipinski definition) is 7. The van der Waals surface area contributed by atoms with Gasteiger partial charge in [0.05, 0.1) is 30.4 Å². The number of ether oxygens (including phenoxy) is 2. The van der Waals surface area contributed by atoms with E-state index in [1.54, 1.807) is 54.1 Å². The van der Waals surface area contributed by atoms with Crippen LogP contribution in [-0.2, 0) is 9.53 Å². The molecule has 3 rings (SSSR count). The molecule has 3 N–H and O–H groups in total. The van der Waals surface area contributed by atoms with Gasteiger partial charge in [-0.15, -0.1) is 0 Å². The Kier molecular flexibility index (Phi) is 14.8. The molecule has 0 saturated heterocycles. The number of rotatable bonds is 10. The molecule has 4 amide bonds. The van der Waals surface area contributed by atoms with Crippen LogP contribution in [0.3, 0.4) is 0 Å². The average molecular weight is 640 g/mol. The summed E-state index contributed by atoms with van der Waals surface area (Å²) in [5.41, 5.74) is 1.36. The highest BCUT2D eigenvalue weighted by Gasteiger charge is 2.31. The van der Waals surface area contributed by atoms with Crippen LogP contribution in [0.25, 0.3) is 0 Å². The largest absolute Gasteiger partial charge is 0.490 e. The van der Waals surface area contributed by atoms with Crippen LogP contribution < -0.4 is 15.4 Å². The van der Waals surface area contributed by atoms with Crippen molar-refractivity contribution in [1.29, 1.82) is 0 Å². The van der Waals surface area contributed by atoms with Gasteiger partial charge in [0.25, 0.3) is 5.91 Å². The fourth-order valence-corrected chi connectivity index (χ4v) is 5.39. The van der Waals surface area contributed by atoms with Crippen molar-refractivity contribution < 1.29 is 29.0 Å². The topological polar surface area (TPSA) is 124 Å². The van der Waals surface area contributed by atoms with E-state index in [1.165, 1.54) is 0 Å². The quantitative estimate of drug-likeness (QED) is 0.337. The van der Waals surface area contributed by atoms with Gasteiger partial charge in [-0.05, 0) is 90.5 Å². The Hall–Kier alpha value is -3.67. The van der Waals surface area contributed by atoms with Gasteiger partial charge in [0.2, 0.25) is 5.91 Å². The molecule has 11 heteroatoms. The highest BCUT2D eigenvalue weighted by Crippen LogP contribution is 2.28. The second kappa shape index (κ2) is 18.5. The van der Waals surface area contributed by atoms with Gasteiger partial charge in [0.1, 0.15) is 5.75 Å². The molecule has 11 nitrogen and oxygen atoms in total. The van der Waals surface area contributed by atoms with Crippen molar-refractivity contribution in [3.63, 3.8) is 0 Å². The van der Waals surface area contributed by atoms with Crippen molar-refractivity contribution in [2.75, 3.05) is 64.6 Å². The molecule has 46 heavy (non-hydrogen) atoms. The minimum atomic E-state index is -0.503. The summed E-state index contributed by atoms with van der Waals surface area (Å²) in [5.74, 6) is -0.00187. The number of hydrogen-bond donors (Lipinski definition) is 3. The maximum absolute atomic E-state index is 14.3. The smallest absolute Gasteiger partial charge is 0.323 e. The highest BCUT2D eigenvalue weighted by atomic mass is 16.5. The maximum atomic E-state index is 14.3. The van der Waals surface area contributed by atoms with E-state index >= 15 is 0 Å². The number of aliphatic hydroxyl groups excluding tert-OH is 1. The molecule has 1 heterocycles. The van der Waals surface area contributed by atoms with Crippen LogP contribution in [0, 0.1) is 5.92 Å². The Morgan fingerprint density at radius 2 is 1.76 bits per heavy atom. The summed E-state index contributed by atoms with van der Waals surface area (Å²) < 4.78 is 12.7. The lowest BCUT2D eigenvalue weighted by atomic mass is 10.0. The number of amides is 4. The van der Waals surface area contributed by atoms with Gasteiger partial charge < -0.3 is 39.9 Å². The summed E-state index contributed by atoms with van der Waals surface area (Å²) in [7, 11) is 5.78. The Balaban J connectivity index is 1.87. The van der Waals surface area contributed by atoms with Crippen molar-refractivity contribution in [1.82, 2.24) is 14.7 Å². The molecule has 0 fully saturated rings. The number of nitrogens with zero attached hydrogens (tertiary/aromatic N) is 3. The molecule has 1 aliphatic heterocycles. The fourth-order valence-electron chi connectivity index (χ4n) is 5.39. The van der Waals surface area contributed by atoms with Gasteiger partial charge in [-0.25, -0.2) is 4.79 Å². The van der Waals surface area contributed by atoms with Crippen molar-refractivity contribution >= 4 is 29.2 Å². The lowest BCUT2D eigenvalue weighted by Gasteiger charge is -2.36. The van der Waals surface area contributed by atoms with Gasteiger partial charge in [0, 0.05) is 50.5 Å². The number of fused-ring (bicyclic) bond motifs is 1. The molecule has 2 aromatic rings. The molecule has 0 radical (unpaired) electrons. The number of carbonyl (C=O) groups excluding carboxylic acids is 3. The Morgan fingerprint density at radius 3 is 2.46 bits per heavy atom. The third-order valence-electron chi connectivity index (χ3n) is 8.22. The monoisotopic (exact) mass is 639 g/mol. The van der Waals surface area contributed by atoms with Gasteiger partial charge >= 0.3 is 6.03 Å². The molecule has 0 spiro atoms. The summed E-state index contributed by atoms with van der Waals surface area (Å²) in [5, 5.41) is 15.8. The Morgan fingerprint density at radius 1 is 1.04 bits per heavy atom. The normalized spacial score (nSPS) is 20.2. The van der Waals surface area contributed by atoms with E-state index in [0.29, 0.717) is 42.3 Å². The molecule has 1 aliphatic rings. The van der Waals surface area contributed by atoms with Crippen molar-refractivity contribution in [2.45, 2.75) is 71.1 Å². The molecule has 0 aliphatic carbocycles. The zero-order chi connectivity index (χ0) is 33.6. The van der Waals surface area contributed by atoms with Gasteiger partial charge in [0.15, 0.2) is 0 Å². The van der Waals surface area contributed by atoms with E-state index in [9.17, 15) is 19.5 Å². The summed E-state index contributed by atoms with van der Waals surface area (Å²) in [6, 6.07) is 13.2. The summed E-state index contributed by atoms with van der Waals surface area (Å²) >= 11 is 0. The Labute approximate surface area is 274 Å². The van der Waals surface area contributed by atoms with Crippen LogP contribution in [0.4, 0.5) is 16.2 Å². The van der Waals surface area contributed by atoms with Crippen molar-refractivity contribution in [2.24, 2.45) is 5.92 Å². The molecule has 2 aromatic carbocycles. The van der Waals surface area contributed by atoms with E-state index in [4.69, 9.17) is 9.47 Å². The van der Waals surface area contributed by atoms with Crippen LogP contribution in [0.2, 0.25) is 0 Å². The lowest BCUT2D eigenvalue weighted by Crippen LogP contribution is -2.48. The standard InChI is InChI=1S/C35H53N5O6/c1-25-22-40(26(2)24-41)34(43)30-21-29(37-35(44)36-28-14-8-7-9-15-28)17-18-31(30)46-27(3)13-10-11-20-45-32(25)23-39(6)33(42)16-12-19-38(4)5/h7-9,14-15,17-18,21,25-27,32,41H,10-13,16,19-20,22-24H2,1-6H3,(H2,36,37,44)/t25-,26+,27+,32+/m1/s1. The molecule has 0 bridgehead atoms. The molecule has 0 saturated carbocycles. The second-order valence-electron chi connectivity index (χ2n) is 12.6. The number of urea groups is 1. The van der Waals surface area contributed by atoms with Gasteiger partial charge in [-0.2, -0.15) is 0 Å². The van der Waals surface area contributed by atoms with E-state index in [-0.39, 0.29) is 43.1 Å². The first kappa shape index (κ1) is 36.8. The van der Waals surface area contributed by atoms with Crippen LogP contribution in [-0.4, -0.2) is 110 Å². The maximum Gasteiger partial charge on any atom is 0.323 e. The summed E-state index contributed by atoms with van der Waals surface area (Å²) in [6.45, 7) is 7.59. The molecule has 0 aromatic heterocycles. The van der Waals surface area contributed by atoms with Gasteiger partial charge in [-0.3, -0.25) is 9.59 Å². The average Bonchev–Trinajstić information content (AvgIpc) is 3.02. The van der Waals surface area contributed by atoms with Crippen LogP contribution in [0.5, 0.6) is 5.75 Å². The molecular weight excluding hydrogens is 586 g/mol. The first-order valence-electron chi connectivity index (χ1n) is 16.3. The second-order valence-corrected chi connectivity index (χ2v) is 12.6. The number of carbonyl (C=O) groups is 3. The zero-order valence-corrected chi connectivity index (χ0v) is 28.3. The van der Waals surface area contributed by atoms with E-state index in [0.717, 1.165) is 32.2 Å². The number of anilines is 2. The van der Waals surface area contributed by atoms with Crippen LogP contribution >= 0.6 is 0 Å². The van der Waals surface area contributed by atoms with Crippen molar-refractivity contribution in [3.05, 3.63) is 54.1 Å². The molecule has 0 unspecified atom stereocenters. The lowest BCUT2D eigenvalue weighted by molar-refractivity contribution is -0.132. The summed E-state index contributed by atoms with van der Waals surface area (Å²) in [6.07, 6.45) is 3.22. The van der Waals surface area contributed by atoms with E-state index in [1.807, 2.05) is 46.1 Å². The minimum absolute atomic E-state index is 0.0601. The number of para-hydroxylation sites is 1. The van der Waals surface area contributed by atoms with E-state index in [2.05, 4.69) is 15.5 Å². The van der Waals surface area contributed by atoms with Crippen molar-refractivity contribution in [3.8, 4) is 5.75 Å². The number of benzene rings is 2. The number of nitrogens with one attached hydrogen (secondary N) is 2. The van der Waals surface area contributed by atoms with E-state index < -0.39 is 12.1 Å². The highest BCUT2D eigenvalue weighted by molar-refractivity contribution is 6.02. The predicted octanol–water partition coefficient (Wildman–Crippen LogP) is 4.93. The molecular formula is C35H53N5O6. The van der Waals surface area contributed by atoms with Gasteiger partial charge in [-0.1, -0.05) is 25.1 Å². The third kappa shape index (κ3) is 11.6. The summed E-state index contributed by atoms with van der Waals surface area (Å²) in [4.78, 5) is 45.4. The molecule has 4 atom stereocenters. The number of likely N-dealkylation sites (N-methyl/N-ethyl adjacent to an activating group) is 1. The first-order chi connectivity index (χ1) is 22.0. The van der Waals surface area contributed by atoms with Crippen LogP contribution in [0.15, 0.2) is 48.5 Å². The SMILES string of the molecule is C[C@@H]1CN([C@@H](C)CO)C(=O)c2cc(NC(=O)Nc3ccccc3)ccc2O[C@@H](C)CCCCO[C@H]1CN(C)C(=O)CCCN(C)C. The third-order valence-corrected chi connectivity index (χ3v) is 8.22. The molecule has 254 valence electrons. The minimum Gasteiger partial charge on any atom is -0.490 e. The Bertz CT molecular complexity index is 1260. The number of aliphatic hydroxyl groups is 1.